The molecule has 0 amide bonds. The van der Waals surface area contributed by atoms with Crippen LogP contribution in [0.1, 0.15) is 11.9 Å². The molecule has 0 saturated heterocycles. The van der Waals surface area contributed by atoms with Crippen LogP contribution in [0.2, 0.25) is 0 Å². The van der Waals surface area contributed by atoms with Gasteiger partial charge in [-0.05, 0) is 11.6 Å². The quantitative estimate of drug-likeness (QED) is 0.510. The van der Waals surface area contributed by atoms with Crippen molar-refractivity contribution < 1.29 is 10.2 Å². The lowest BCUT2D eigenvalue weighted by Gasteiger charge is -2.12. The number of nitrogens with zero attached hydrogens (tertiary/aromatic N) is 1. The van der Waals surface area contributed by atoms with Gasteiger partial charge < -0.3 is 10.2 Å². The average molecular weight is 124 g/mol. The highest BCUT2D eigenvalue weighted by atomic mass is 16.5. The Kier molecular flexibility index (Phi) is 1.77. The highest BCUT2D eigenvalue weighted by molar-refractivity contribution is 5.08. The number of aliphatic hydroxyl groups is 1. The SMILES string of the molecule is [O-]C(O)c1cccnc1. The Morgan fingerprint density at radius 3 is 2.78 bits per heavy atom. The van der Waals surface area contributed by atoms with Crippen LogP contribution in [0.3, 0.4) is 0 Å². The van der Waals surface area contributed by atoms with Crippen LogP contribution in [0.15, 0.2) is 24.5 Å². The van der Waals surface area contributed by atoms with Gasteiger partial charge in [-0.15, -0.1) is 0 Å². The summed E-state index contributed by atoms with van der Waals surface area (Å²) in [5.74, 6) is 0. The molecular formula is C6H6NO2-. The third-order valence-electron chi connectivity index (χ3n) is 0.970. The normalized spacial score (nSPS) is 13.1. The number of hydrogen-bond donors (Lipinski definition) is 1. The molecule has 0 aromatic carbocycles. The van der Waals surface area contributed by atoms with Gasteiger partial charge in [-0.1, -0.05) is 6.07 Å². The number of aliphatic hydroxyl groups excluding tert-OH is 1. The van der Waals surface area contributed by atoms with E-state index in [0.717, 1.165) is 0 Å². The van der Waals surface area contributed by atoms with Crippen molar-refractivity contribution in [2.24, 2.45) is 0 Å². The third kappa shape index (κ3) is 1.48. The number of hydrogen-bond acceptors (Lipinski definition) is 3. The van der Waals surface area contributed by atoms with E-state index in [4.69, 9.17) is 5.11 Å². The van der Waals surface area contributed by atoms with E-state index in [1.807, 2.05) is 0 Å². The summed E-state index contributed by atoms with van der Waals surface area (Å²) in [5, 5.41) is 18.7. The van der Waals surface area contributed by atoms with Crippen molar-refractivity contribution in [2.75, 3.05) is 0 Å². The second-order valence-corrected chi connectivity index (χ2v) is 1.64. The zero-order chi connectivity index (χ0) is 6.69. The van der Waals surface area contributed by atoms with Gasteiger partial charge in [0.2, 0.25) is 0 Å². The van der Waals surface area contributed by atoms with Crippen LogP contribution >= 0.6 is 0 Å². The van der Waals surface area contributed by atoms with Crippen LogP contribution in [-0.4, -0.2) is 10.1 Å². The highest BCUT2D eigenvalue weighted by Crippen LogP contribution is 2.01. The van der Waals surface area contributed by atoms with E-state index < -0.39 is 6.29 Å². The molecule has 0 saturated carbocycles. The Morgan fingerprint density at radius 2 is 2.44 bits per heavy atom. The van der Waals surface area contributed by atoms with Gasteiger partial charge in [-0.25, -0.2) is 0 Å². The minimum atomic E-state index is -1.65. The number of rotatable bonds is 1. The maximum atomic E-state index is 10.2. The van der Waals surface area contributed by atoms with Crippen molar-refractivity contribution in [3.8, 4) is 0 Å². The van der Waals surface area contributed by atoms with E-state index in [0.29, 0.717) is 5.56 Å². The third-order valence-corrected chi connectivity index (χ3v) is 0.970. The topological polar surface area (TPSA) is 56.2 Å². The van der Waals surface area contributed by atoms with Crippen LogP contribution in [0, 0.1) is 0 Å². The Morgan fingerprint density at radius 1 is 1.67 bits per heavy atom. The summed E-state index contributed by atoms with van der Waals surface area (Å²) in [4.78, 5) is 3.65. The van der Waals surface area contributed by atoms with Crippen LogP contribution in [-0.2, 0) is 0 Å². The molecule has 1 N–H and O–H groups in total. The predicted octanol–water partition coefficient (Wildman–Crippen LogP) is -0.567. The molecule has 1 atom stereocenters. The molecule has 1 aromatic rings. The maximum absolute atomic E-state index is 10.2. The molecule has 3 nitrogen and oxygen atoms in total. The lowest BCUT2D eigenvalue weighted by atomic mass is 10.3. The summed E-state index contributed by atoms with van der Waals surface area (Å²) in [6.45, 7) is 0. The molecule has 0 aliphatic carbocycles. The first kappa shape index (κ1) is 6.19. The average Bonchev–Trinajstić information content (AvgIpc) is 1.90. The molecule has 9 heavy (non-hydrogen) atoms. The standard InChI is InChI=1S/C6H6NO2/c8-6(9)5-2-1-3-7-4-5/h1-4,6,8H/q-1. The van der Waals surface area contributed by atoms with Crippen molar-refractivity contribution in [3.05, 3.63) is 30.1 Å². The Labute approximate surface area is 52.6 Å². The monoisotopic (exact) mass is 124 g/mol. The minimum Gasteiger partial charge on any atom is -0.828 e. The lowest BCUT2D eigenvalue weighted by molar-refractivity contribution is -0.490. The molecule has 1 rings (SSSR count). The summed E-state index contributed by atoms with van der Waals surface area (Å²) >= 11 is 0. The van der Waals surface area contributed by atoms with Crippen molar-refractivity contribution in [3.63, 3.8) is 0 Å². The van der Waals surface area contributed by atoms with Crippen LogP contribution < -0.4 is 5.11 Å². The second-order valence-electron chi connectivity index (χ2n) is 1.64. The van der Waals surface area contributed by atoms with Crippen molar-refractivity contribution in [2.45, 2.75) is 6.29 Å². The van der Waals surface area contributed by atoms with E-state index >= 15 is 0 Å². The van der Waals surface area contributed by atoms with Crippen LogP contribution in [0.25, 0.3) is 0 Å². The first-order chi connectivity index (χ1) is 4.30. The van der Waals surface area contributed by atoms with Gasteiger partial charge in [0.1, 0.15) is 0 Å². The fourth-order valence-electron chi connectivity index (χ4n) is 0.522. The molecule has 1 aromatic heterocycles. The van der Waals surface area contributed by atoms with Gasteiger partial charge in [0.25, 0.3) is 0 Å². The minimum absolute atomic E-state index is 0.303. The van der Waals surface area contributed by atoms with Gasteiger partial charge in [0, 0.05) is 18.7 Å². The number of aromatic nitrogens is 1. The molecule has 0 fully saturated rings. The molecule has 0 aliphatic rings. The van der Waals surface area contributed by atoms with Gasteiger partial charge in [0.15, 0.2) is 0 Å². The van der Waals surface area contributed by atoms with E-state index in [1.165, 1.54) is 12.3 Å². The Bertz CT molecular complexity index is 174. The molecule has 48 valence electrons. The predicted molar refractivity (Wildman–Crippen MR) is 29.2 cm³/mol. The molecule has 0 bridgehead atoms. The molecule has 1 heterocycles. The summed E-state index contributed by atoms with van der Waals surface area (Å²) in [6.07, 6.45) is 1.24. The van der Waals surface area contributed by atoms with Gasteiger partial charge >= 0.3 is 0 Å². The lowest BCUT2D eigenvalue weighted by Crippen LogP contribution is -2.13. The molecule has 1 unspecified atom stereocenters. The van der Waals surface area contributed by atoms with Crippen LogP contribution in [0.4, 0.5) is 0 Å². The van der Waals surface area contributed by atoms with Crippen molar-refractivity contribution in [1.82, 2.24) is 4.98 Å². The number of pyridine rings is 1. The van der Waals surface area contributed by atoms with Crippen molar-refractivity contribution >= 4 is 0 Å². The van der Waals surface area contributed by atoms with Crippen molar-refractivity contribution in [1.29, 1.82) is 0 Å². The Balaban J connectivity index is 2.85. The second kappa shape index (κ2) is 2.57. The molecule has 0 aliphatic heterocycles. The fourth-order valence-corrected chi connectivity index (χ4v) is 0.522. The van der Waals surface area contributed by atoms with E-state index in [-0.39, 0.29) is 0 Å². The van der Waals surface area contributed by atoms with E-state index in [9.17, 15) is 5.11 Å². The van der Waals surface area contributed by atoms with Crippen LogP contribution in [0.5, 0.6) is 0 Å². The summed E-state index contributed by atoms with van der Waals surface area (Å²) in [7, 11) is 0. The van der Waals surface area contributed by atoms with Gasteiger partial charge in [0.05, 0.1) is 0 Å². The first-order valence-corrected chi connectivity index (χ1v) is 2.54. The van der Waals surface area contributed by atoms with E-state index in [1.54, 1.807) is 12.3 Å². The van der Waals surface area contributed by atoms with E-state index in [2.05, 4.69) is 4.98 Å². The molecule has 3 heteroatoms. The molecule has 0 radical (unpaired) electrons. The molecule has 0 spiro atoms. The summed E-state index contributed by atoms with van der Waals surface area (Å²) in [6, 6.07) is 3.14. The summed E-state index contributed by atoms with van der Waals surface area (Å²) < 4.78 is 0. The maximum Gasteiger partial charge on any atom is 0.0311 e. The van der Waals surface area contributed by atoms with Gasteiger partial charge in [-0.2, -0.15) is 0 Å². The summed E-state index contributed by atoms with van der Waals surface area (Å²) in [5.41, 5.74) is 0.303. The Hall–Kier alpha value is -0.930. The smallest absolute Gasteiger partial charge is 0.0311 e. The van der Waals surface area contributed by atoms with Gasteiger partial charge in [-0.3, -0.25) is 4.98 Å². The fraction of sp³-hybridized carbons (Fsp3) is 0.167. The molecular weight excluding hydrogens is 118 g/mol. The zero-order valence-corrected chi connectivity index (χ0v) is 4.69. The largest absolute Gasteiger partial charge is 0.828 e. The highest BCUT2D eigenvalue weighted by Gasteiger charge is 1.89. The first-order valence-electron chi connectivity index (χ1n) is 2.54. The zero-order valence-electron chi connectivity index (χ0n) is 4.69.